The number of benzene rings is 1. The third-order valence-corrected chi connectivity index (χ3v) is 2.52. The largest absolute Gasteiger partial charge is 0.496 e. The predicted octanol–water partition coefficient (Wildman–Crippen LogP) is 1.72. The van der Waals surface area contributed by atoms with E-state index < -0.39 is 0 Å². The van der Waals surface area contributed by atoms with Crippen molar-refractivity contribution in [2.24, 2.45) is 0 Å². The highest BCUT2D eigenvalue weighted by Crippen LogP contribution is 2.34. The normalized spacial score (nSPS) is 9.67. The van der Waals surface area contributed by atoms with Gasteiger partial charge in [0.05, 0.1) is 27.4 Å². The predicted molar refractivity (Wildman–Crippen MR) is 68.0 cm³/mol. The van der Waals surface area contributed by atoms with Gasteiger partial charge in [0.15, 0.2) is 11.5 Å². The van der Waals surface area contributed by atoms with Crippen molar-refractivity contribution >= 4 is 0 Å². The third kappa shape index (κ3) is 3.54. The number of rotatable bonds is 7. The van der Waals surface area contributed by atoms with Crippen LogP contribution in [0.15, 0.2) is 12.1 Å². The molecule has 5 nitrogen and oxygen atoms in total. The number of methoxy groups -OCH3 is 3. The van der Waals surface area contributed by atoms with Gasteiger partial charge in [0.1, 0.15) is 5.75 Å². The van der Waals surface area contributed by atoms with Crippen LogP contribution in [0.5, 0.6) is 17.2 Å². The van der Waals surface area contributed by atoms with Crippen LogP contribution >= 0.6 is 0 Å². The van der Waals surface area contributed by atoms with E-state index in [0.29, 0.717) is 31.0 Å². The van der Waals surface area contributed by atoms with Crippen LogP contribution in [0, 0.1) is 11.3 Å². The van der Waals surface area contributed by atoms with Crippen LogP contribution in [-0.2, 0) is 6.54 Å². The number of nitrogens with zero attached hydrogens (tertiary/aromatic N) is 1. The quantitative estimate of drug-likeness (QED) is 0.746. The van der Waals surface area contributed by atoms with Crippen molar-refractivity contribution in [3.05, 3.63) is 17.7 Å². The summed E-state index contributed by atoms with van der Waals surface area (Å²) in [7, 11) is 4.79. The fourth-order valence-electron chi connectivity index (χ4n) is 1.60. The Bertz CT molecular complexity index is 427. The first-order chi connectivity index (χ1) is 8.76. The molecule has 0 aromatic heterocycles. The molecule has 0 fully saturated rings. The minimum atomic E-state index is 0.482. The second-order valence-corrected chi connectivity index (χ2v) is 3.60. The lowest BCUT2D eigenvalue weighted by Gasteiger charge is -2.14. The van der Waals surface area contributed by atoms with Gasteiger partial charge in [-0.25, -0.2) is 0 Å². The van der Waals surface area contributed by atoms with Crippen LogP contribution in [0.4, 0.5) is 0 Å². The second-order valence-electron chi connectivity index (χ2n) is 3.60. The topological polar surface area (TPSA) is 63.5 Å². The van der Waals surface area contributed by atoms with Crippen LogP contribution in [0.3, 0.4) is 0 Å². The Kier molecular flexibility index (Phi) is 5.81. The van der Waals surface area contributed by atoms with Crippen molar-refractivity contribution in [3.63, 3.8) is 0 Å². The zero-order chi connectivity index (χ0) is 13.4. The highest BCUT2D eigenvalue weighted by molar-refractivity contribution is 5.50. The molecule has 1 aromatic rings. The van der Waals surface area contributed by atoms with Gasteiger partial charge in [-0.2, -0.15) is 5.26 Å². The molecule has 1 aromatic carbocycles. The minimum Gasteiger partial charge on any atom is -0.496 e. The molecule has 0 saturated carbocycles. The molecule has 0 bridgehead atoms. The summed E-state index contributed by atoms with van der Waals surface area (Å²) in [5.74, 6) is 2.03. The molecule has 0 aliphatic rings. The molecule has 98 valence electrons. The van der Waals surface area contributed by atoms with Gasteiger partial charge in [0.25, 0.3) is 0 Å². The average molecular weight is 250 g/mol. The molecule has 1 rings (SSSR count). The molecule has 0 aliphatic heterocycles. The first kappa shape index (κ1) is 14.1. The molecule has 0 aliphatic carbocycles. The maximum atomic E-state index is 8.46. The number of hydrogen-bond acceptors (Lipinski definition) is 5. The van der Waals surface area contributed by atoms with Gasteiger partial charge in [0, 0.05) is 31.1 Å². The summed E-state index contributed by atoms with van der Waals surface area (Å²) in [6.45, 7) is 1.26. The van der Waals surface area contributed by atoms with Crippen LogP contribution in [0.25, 0.3) is 0 Å². The molecule has 0 spiro atoms. The highest BCUT2D eigenvalue weighted by atomic mass is 16.5. The Hall–Kier alpha value is -1.93. The zero-order valence-electron chi connectivity index (χ0n) is 10.9. The summed E-state index contributed by atoms with van der Waals surface area (Å²) in [5, 5.41) is 11.6. The third-order valence-electron chi connectivity index (χ3n) is 2.52. The summed E-state index contributed by atoms with van der Waals surface area (Å²) < 4.78 is 15.8. The Balaban J connectivity index is 2.85. The Morgan fingerprint density at radius 1 is 1.06 bits per heavy atom. The van der Waals surface area contributed by atoms with Crippen molar-refractivity contribution in [2.75, 3.05) is 27.9 Å². The van der Waals surface area contributed by atoms with Gasteiger partial charge in [-0.1, -0.05) is 0 Å². The van der Waals surface area contributed by atoms with Gasteiger partial charge in [-0.3, -0.25) is 0 Å². The van der Waals surface area contributed by atoms with Crippen molar-refractivity contribution in [1.82, 2.24) is 5.32 Å². The van der Waals surface area contributed by atoms with Crippen LogP contribution in [0.2, 0.25) is 0 Å². The molecule has 0 atom stereocenters. The molecule has 0 saturated heterocycles. The molecule has 0 amide bonds. The second kappa shape index (κ2) is 7.41. The van der Waals surface area contributed by atoms with E-state index >= 15 is 0 Å². The number of nitrogens with one attached hydrogen (secondary N) is 1. The number of ether oxygens (including phenoxy) is 3. The van der Waals surface area contributed by atoms with Gasteiger partial charge in [-0.15, -0.1) is 0 Å². The Morgan fingerprint density at radius 2 is 1.67 bits per heavy atom. The van der Waals surface area contributed by atoms with E-state index in [0.717, 1.165) is 11.3 Å². The van der Waals surface area contributed by atoms with E-state index in [2.05, 4.69) is 11.4 Å². The summed E-state index contributed by atoms with van der Waals surface area (Å²) in [4.78, 5) is 0. The number of nitriles is 1. The van der Waals surface area contributed by atoms with E-state index in [9.17, 15) is 0 Å². The van der Waals surface area contributed by atoms with Crippen molar-refractivity contribution < 1.29 is 14.2 Å². The van der Waals surface area contributed by atoms with Gasteiger partial charge in [-0.05, 0) is 6.07 Å². The molecule has 5 heteroatoms. The standard InChI is InChI=1S/C13H18N2O3/c1-16-11-8-13(18-3)12(17-2)7-10(11)9-15-6-4-5-14/h7-8,15H,4,6,9H2,1-3H3. The van der Waals surface area contributed by atoms with Gasteiger partial charge >= 0.3 is 0 Å². The Labute approximate surface area is 107 Å². The maximum absolute atomic E-state index is 8.46. The van der Waals surface area contributed by atoms with Crippen molar-refractivity contribution in [1.29, 1.82) is 5.26 Å². The molecule has 18 heavy (non-hydrogen) atoms. The summed E-state index contributed by atoms with van der Waals surface area (Å²) in [6.07, 6.45) is 0.482. The van der Waals surface area contributed by atoms with Crippen LogP contribution < -0.4 is 19.5 Å². The molecule has 0 radical (unpaired) electrons. The lowest BCUT2D eigenvalue weighted by atomic mass is 10.1. The van der Waals surface area contributed by atoms with Crippen molar-refractivity contribution in [3.8, 4) is 23.3 Å². The van der Waals surface area contributed by atoms with E-state index in [1.165, 1.54) is 0 Å². The molecule has 1 N–H and O–H groups in total. The van der Waals surface area contributed by atoms with Gasteiger partial charge < -0.3 is 19.5 Å². The van der Waals surface area contributed by atoms with E-state index in [1.807, 2.05) is 6.07 Å². The molecular formula is C13H18N2O3. The first-order valence-electron chi connectivity index (χ1n) is 5.63. The van der Waals surface area contributed by atoms with Crippen LogP contribution in [-0.4, -0.2) is 27.9 Å². The molecule has 0 heterocycles. The first-order valence-corrected chi connectivity index (χ1v) is 5.63. The van der Waals surface area contributed by atoms with Gasteiger partial charge in [0.2, 0.25) is 0 Å². The number of hydrogen-bond donors (Lipinski definition) is 1. The van der Waals surface area contributed by atoms with E-state index in [4.69, 9.17) is 19.5 Å². The smallest absolute Gasteiger partial charge is 0.164 e. The van der Waals surface area contributed by atoms with E-state index in [1.54, 1.807) is 27.4 Å². The molecule has 0 unspecified atom stereocenters. The summed E-state index contributed by atoms with van der Waals surface area (Å²) >= 11 is 0. The average Bonchev–Trinajstić information content (AvgIpc) is 2.42. The highest BCUT2D eigenvalue weighted by Gasteiger charge is 2.11. The fourth-order valence-corrected chi connectivity index (χ4v) is 1.60. The Morgan fingerprint density at radius 3 is 2.22 bits per heavy atom. The van der Waals surface area contributed by atoms with E-state index in [-0.39, 0.29) is 0 Å². The maximum Gasteiger partial charge on any atom is 0.164 e. The SMILES string of the molecule is COc1cc(OC)c(OC)cc1CNCCC#N. The van der Waals surface area contributed by atoms with Crippen molar-refractivity contribution in [2.45, 2.75) is 13.0 Å². The minimum absolute atomic E-state index is 0.482. The van der Waals surface area contributed by atoms with Crippen LogP contribution in [0.1, 0.15) is 12.0 Å². The summed E-state index contributed by atoms with van der Waals surface area (Å²) in [6, 6.07) is 5.75. The molecular weight excluding hydrogens is 232 g/mol. The zero-order valence-corrected chi connectivity index (χ0v) is 10.9. The lowest BCUT2D eigenvalue weighted by molar-refractivity contribution is 0.347. The lowest BCUT2D eigenvalue weighted by Crippen LogP contribution is -2.15. The fraction of sp³-hybridized carbons (Fsp3) is 0.462. The summed E-state index contributed by atoms with van der Waals surface area (Å²) in [5.41, 5.74) is 0.966. The monoisotopic (exact) mass is 250 g/mol.